The number of sulfonamides is 1. The molecule has 1 aliphatic heterocycles. The van der Waals surface area contributed by atoms with E-state index in [9.17, 15) is 13.2 Å². The minimum absolute atomic E-state index is 0.0842. The number of hydrogen-bond acceptors (Lipinski definition) is 5. The lowest BCUT2D eigenvalue weighted by Gasteiger charge is -2.18. The summed E-state index contributed by atoms with van der Waals surface area (Å²) in [6.07, 6.45) is 2.44. The first kappa shape index (κ1) is 20.9. The first-order valence-electron chi connectivity index (χ1n) is 10.0. The molecule has 1 amide bonds. The summed E-state index contributed by atoms with van der Waals surface area (Å²) < 4.78 is 33.5. The Bertz CT molecular complexity index is 1220. The van der Waals surface area contributed by atoms with Crippen molar-refractivity contribution in [1.82, 2.24) is 5.01 Å². The van der Waals surface area contributed by atoms with Crippen LogP contribution in [-0.2, 0) is 14.8 Å². The number of hydrogen-bond donors (Lipinski definition) is 1. The number of rotatable bonds is 6. The van der Waals surface area contributed by atoms with Crippen molar-refractivity contribution in [2.75, 3.05) is 4.72 Å². The third kappa shape index (κ3) is 4.25. The summed E-state index contributed by atoms with van der Waals surface area (Å²) in [6.45, 7) is 3.55. The fourth-order valence-electron chi connectivity index (χ4n) is 3.58. The minimum atomic E-state index is -3.68. The number of benzene rings is 2. The summed E-state index contributed by atoms with van der Waals surface area (Å²) in [5.74, 6) is 0.599. The molecule has 1 N–H and O–H groups in total. The summed E-state index contributed by atoms with van der Waals surface area (Å²) in [7, 11) is -3.68. The molecular formula is C23H23N3O4S. The van der Waals surface area contributed by atoms with Crippen LogP contribution in [0.5, 0.6) is 0 Å². The van der Waals surface area contributed by atoms with Crippen molar-refractivity contribution in [3.63, 3.8) is 0 Å². The number of nitrogens with one attached hydrogen (secondary N) is 1. The van der Waals surface area contributed by atoms with E-state index in [2.05, 4.69) is 9.82 Å². The smallest absolute Gasteiger partial charge is 0.262 e. The number of carbonyl (C=O) groups is 1. The molecule has 2 aromatic carbocycles. The molecule has 4 rings (SSSR count). The summed E-state index contributed by atoms with van der Waals surface area (Å²) >= 11 is 0. The average Bonchev–Trinajstić information content (AvgIpc) is 3.43. The quantitative estimate of drug-likeness (QED) is 0.616. The van der Waals surface area contributed by atoms with E-state index >= 15 is 0 Å². The van der Waals surface area contributed by atoms with E-state index in [1.165, 1.54) is 5.01 Å². The van der Waals surface area contributed by atoms with E-state index in [4.69, 9.17) is 4.42 Å². The van der Waals surface area contributed by atoms with E-state index in [-0.39, 0.29) is 16.8 Å². The van der Waals surface area contributed by atoms with Crippen molar-refractivity contribution in [3.05, 3.63) is 83.8 Å². The van der Waals surface area contributed by atoms with Crippen molar-refractivity contribution in [2.45, 2.75) is 37.6 Å². The molecule has 1 aliphatic rings. The molecule has 0 fully saturated rings. The second-order valence-electron chi connectivity index (χ2n) is 7.32. The number of carbonyl (C=O) groups excluding carboxylic acids is 1. The van der Waals surface area contributed by atoms with Gasteiger partial charge in [-0.05, 0) is 48.4 Å². The molecule has 1 atom stereocenters. The molecule has 0 saturated carbocycles. The van der Waals surface area contributed by atoms with Gasteiger partial charge in [-0.25, -0.2) is 13.4 Å². The van der Waals surface area contributed by atoms with Crippen molar-refractivity contribution in [2.24, 2.45) is 5.10 Å². The van der Waals surface area contributed by atoms with Gasteiger partial charge in [0, 0.05) is 18.5 Å². The molecule has 3 aromatic rings. The highest BCUT2D eigenvalue weighted by Crippen LogP contribution is 2.33. The zero-order valence-electron chi connectivity index (χ0n) is 17.3. The SMILES string of the molecule is CCC(=O)N1N=C(c2ccc(NS(=O)(=O)c3ccccc3C)cc2)C[C@@H]1c1ccco1. The first-order chi connectivity index (χ1) is 14.9. The van der Waals surface area contributed by atoms with Gasteiger partial charge in [0.15, 0.2) is 0 Å². The second-order valence-corrected chi connectivity index (χ2v) is 8.97. The summed E-state index contributed by atoms with van der Waals surface area (Å²) in [4.78, 5) is 12.6. The number of hydrazone groups is 1. The topological polar surface area (TPSA) is 92.0 Å². The van der Waals surface area contributed by atoms with Crippen LogP contribution in [0.25, 0.3) is 0 Å². The van der Waals surface area contributed by atoms with Crippen LogP contribution in [0.1, 0.15) is 42.7 Å². The van der Waals surface area contributed by atoms with Crippen molar-refractivity contribution >= 4 is 27.3 Å². The van der Waals surface area contributed by atoms with Crippen molar-refractivity contribution < 1.29 is 17.6 Å². The lowest BCUT2D eigenvalue weighted by atomic mass is 10.0. The molecule has 31 heavy (non-hydrogen) atoms. The Kier molecular flexibility index (Phi) is 5.65. The number of amides is 1. The fraction of sp³-hybridized carbons (Fsp3) is 0.217. The molecule has 1 aromatic heterocycles. The third-order valence-corrected chi connectivity index (χ3v) is 6.73. The van der Waals surface area contributed by atoms with Gasteiger partial charge in [-0.2, -0.15) is 5.10 Å². The van der Waals surface area contributed by atoms with Crippen LogP contribution in [0.4, 0.5) is 5.69 Å². The number of anilines is 1. The maximum atomic E-state index is 12.7. The van der Waals surface area contributed by atoms with E-state index in [0.717, 1.165) is 11.3 Å². The molecule has 0 saturated heterocycles. The van der Waals surface area contributed by atoms with Crippen LogP contribution >= 0.6 is 0 Å². The summed E-state index contributed by atoms with van der Waals surface area (Å²) in [6, 6.07) is 17.2. The monoisotopic (exact) mass is 437 g/mol. The highest BCUT2D eigenvalue weighted by Gasteiger charge is 2.34. The molecule has 0 spiro atoms. The van der Waals surface area contributed by atoms with Crippen molar-refractivity contribution in [3.8, 4) is 0 Å². The van der Waals surface area contributed by atoms with Crippen LogP contribution in [0, 0.1) is 6.92 Å². The maximum absolute atomic E-state index is 12.7. The van der Waals surface area contributed by atoms with Gasteiger partial charge in [0.1, 0.15) is 11.8 Å². The van der Waals surface area contributed by atoms with E-state index in [1.807, 2.05) is 6.07 Å². The van der Waals surface area contributed by atoms with Crippen LogP contribution in [0.3, 0.4) is 0 Å². The van der Waals surface area contributed by atoms with Gasteiger partial charge in [0.05, 0.1) is 16.9 Å². The molecule has 0 radical (unpaired) electrons. The molecule has 0 bridgehead atoms. The highest BCUT2D eigenvalue weighted by molar-refractivity contribution is 7.92. The number of nitrogens with zero attached hydrogens (tertiary/aromatic N) is 2. The molecule has 0 aliphatic carbocycles. The van der Waals surface area contributed by atoms with Gasteiger partial charge >= 0.3 is 0 Å². The van der Waals surface area contributed by atoms with Crippen molar-refractivity contribution in [1.29, 1.82) is 0 Å². The molecule has 2 heterocycles. The summed E-state index contributed by atoms with van der Waals surface area (Å²) in [5.41, 5.74) is 2.70. The Labute approximate surface area is 181 Å². The maximum Gasteiger partial charge on any atom is 0.262 e. The van der Waals surface area contributed by atoms with Crippen LogP contribution in [0.15, 0.2) is 81.3 Å². The van der Waals surface area contributed by atoms with Crippen LogP contribution in [-0.4, -0.2) is 25.0 Å². The predicted molar refractivity (Wildman–Crippen MR) is 118 cm³/mol. The Balaban J connectivity index is 1.55. The molecular weight excluding hydrogens is 414 g/mol. The first-order valence-corrected chi connectivity index (χ1v) is 11.5. The average molecular weight is 438 g/mol. The second kappa shape index (κ2) is 8.39. The number of aryl methyl sites for hydroxylation is 1. The zero-order chi connectivity index (χ0) is 22.0. The van der Waals surface area contributed by atoms with Gasteiger partial charge in [0.25, 0.3) is 10.0 Å². The summed E-state index contributed by atoms with van der Waals surface area (Å²) in [5, 5.41) is 6.01. The minimum Gasteiger partial charge on any atom is -0.467 e. The van der Waals surface area contributed by atoms with Crippen LogP contribution in [0.2, 0.25) is 0 Å². The fourth-order valence-corrected chi connectivity index (χ4v) is 4.88. The van der Waals surface area contributed by atoms with Gasteiger partial charge in [0.2, 0.25) is 5.91 Å². The molecule has 160 valence electrons. The lowest BCUT2D eigenvalue weighted by molar-refractivity contribution is -0.133. The largest absolute Gasteiger partial charge is 0.467 e. The molecule has 0 unspecified atom stereocenters. The standard InChI is InChI=1S/C23H23N3O4S/c1-3-23(27)26-20(21-8-6-14-30-21)15-19(24-26)17-10-12-18(13-11-17)25-31(28,29)22-9-5-4-7-16(22)2/h4-14,20,25H,3,15H2,1-2H3/t20-/m1/s1. The molecule has 7 nitrogen and oxygen atoms in total. The van der Waals surface area contributed by atoms with Gasteiger partial charge in [-0.15, -0.1) is 0 Å². The van der Waals surface area contributed by atoms with Gasteiger partial charge < -0.3 is 4.42 Å². The number of furan rings is 1. The highest BCUT2D eigenvalue weighted by atomic mass is 32.2. The van der Waals surface area contributed by atoms with E-state index in [1.54, 1.807) is 74.7 Å². The van der Waals surface area contributed by atoms with E-state index in [0.29, 0.717) is 29.9 Å². The predicted octanol–water partition coefficient (Wildman–Crippen LogP) is 4.48. The van der Waals surface area contributed by atoms with E-state index < -0.39 is 10.0 Å². The molecule has 8 heteroatoms. The Morgan fingerprint density at radius 1 is 1.13 bits per heavy atom. The lowest BCUT2D eigenvalue weighted by Crippen LogP contribution is -2.25. The zero-order valence-corrected chi connectivity index (χ0v) is 18.1. The van der Waals surface area contributed by atoms with Gasteiger partial charge in [-0.1, -0.05) is 37.3 Å². The Morgan fingerprint density at radius 2 is 1.87 bits per heavy atom. The Morgan fingerprint density at radius 3 is 2.52 bits per heavy atom. The third-order valence-electron chi connectivity index (χ3n) is 5.19. The normalized spacial score (nSPS) is 16.3. The van der Waals surface area contributed by atoms with Crippen LogP contribution < -0.4 is 4.72 Å². The Hall–Kier alpha value is -3.39. The van der Waals surface area contributed by atoms with Gasteiger partial charge in [-0.3, -0.25) is 9.52 Å².